The van der Waals surface area contributed by atoms with Gasteiger partial charge in [0.2, 0.25) is 5.91 Å². The van der Waals surface area contributed by atoms with Crippen molar-refractivity contribution in [3.05, 3.63) is 65.5 Å². The quantitative estimate of drug-likeness (QED) is 0.906. The summed E-state index contributed by atoms with van der Waals surface area (Å²) >= 11 is 0. The molecular formula is C16H12FN3O2. The molecule has 22 heavy (non-hydrogen) atoms. The zero-order chi connectivity index (χ0) is 15.9. The second-order valence-corrected chi connectivity index (χ2v) is 4.37. The number of nitriles is 1. The average molecular weight is 297 g/mol. The number of carbonyl (C=O) groups is 2. The van der Waals surface area contributed by atoms with E-state index in [1.807, 2.05) is 6.07 Å². The Hall–Kier alpha value is -3.20. The van der Waals surface area contributed by atoms with Gasteiger partial charge in [-0.3, -0.25) is 9.59 Å². The fourth-order valence-electron chi connectivity index (χ4n) is 1.79. The molecule has 0 bridgehead atoms. The smallest absolute Gasteiger partial charge is 0.254 e. The molecule has 0 radical (unpaired) electrons. The fourth-order valence-corrected chi connectivity index (χ4v) is 1.79. The van der Waals surface area contributed by atoms with Crippen LogP contribution in [0.4, 0.5) is 10.1 Å². The van der Waals surface area contributed by atoms with Crippen LogP contribution in [-0.4, -0.2) is 18.4 Å². The van der Waals surface area contributed by atoms with Crippen molar-refractivity contribution < 1.29 is 14.0 Å². The van der Waals surface area contributed by atoms with Crippen LogP contribution >= 0.6 is 0 Å². The predicted molar refractivity (Wildman–Crippen MR) is 78.5 cm³/mol. The van der Waals surface area contributed by atoms with Crippen LogP contribution in [0.5, 0.6) is 0 Å². The van der Waals surface area contributed by atoms with E-state index in [-0.39, 0.29) is 12.1 Å². The second-order valence-electron chi connectivity index (χ2n) is 4.37. The summed E-state index contributed by atoms with van der Waals surface area (Å²) in [5.41, 5.74) is 0.541. The number of nitrogens with zero attached hydrogens (tertiary/aromatic N) is 1. The summed E-state index contributed by atoms with van der Waals surface area (Å²) < 4.78 is 13.4. The molecular weight excluding hydrogens is 285 g/mol. The van der Waals surface area contributed by atoms with Crippen LogP contribution in [0.25, 0.3) is 0 Å². The van der Waals surface area contributed by atoms with E-state index in [1.165, 1.54) is 18.2 Å². The number of halogens is 1. The molecule has 0 saturated carbocycles. The fraction of sp³-hybridized carbons (Fsp3) is 0.0625. The van der Waals surface area contributed by atoms with Gasteiger partial charge in [-0.05, 0) is 24.3 Å². The van der Waals surface area contributed by atoms with Gasteiger partial charge in [0.15, 0.2) is 0 Å². The number of rotatable bonds is 4. The Bertz CT molecular complexity index is 753. The van der Waals surface area contributed by atoms with Gasteiger partial charge in [-0.2, -0.15) is 5.26 Å². The highest BCUT2D eigenvalue weighted by Crippen LogP contribution is 2.13. The molecule has 2 rings (SSSR count). The lowest BCUT2D eigenvalue weighted by molar-refractivity contribution is -0.115. The zero-order valence-corrected chi connectivity index (χ0v) is 11.5. The molecule has 2 amide bonds. The molecule has 0 spiro atoms. The number of nitrogens with one attached hydrogen (secondary N) is 2. The van der Waals surface area contributed by atoms with E-state index < -0.39 is 17.6 Å². The first-order valence-electron chi connectivity index (χ1n) is 6.43. The van der Waals surface area contributed by atoms with Gasteiger partial charge in [-0.15, -0.1) is 0 Å². The summed E-state index contributed by atoms with van der Waals surface area (Å²) in [7, 11) is 0. The first kappa shape index (κ1) is 15.2. The van der Waals surface area contributed by atoms with Crippen molar-refractivity contribution in [3.8, 4) is 6.07 Å². The molecule has 2 N–H and O–H groups in total. The number of carbonyl (C=O) groups excluding carboxylic acids is 2. The van der Waals surface area contributed by atoms with Crippen LogP contribution in [0.1, 0.15) is 15.9 Å². The maximum absolute atomic E-state index is 13.4. The van der Waals surface area contributed by atoms with E-state index in [0.29, 0.717) is 11.3 Å². The highest BCUT2D eigenvalue weighted by Gasteiger charge is 2.12. The largest absolute Gasteiger partial charge is 0.343 e. The van der Waals surface area contributed by atoms with Gasteiger partial charge >= 0.3 is 0 Å². The van der Waals surface area contributed by atoms with Crippen molar-refractivity contribution in [2.45, 2.75) is 0 Å². The van der Waals surface area contributed by atoms with Crippen molar-refractivity contribution in [2.24, 2.45) is 0 Å². The molecule has 0 unspecified atom stereocenters. The zero-order valence-electron chi connectivity index (χ0n) is 11.5. The van der Waals surface area contributed by atoms with Crippen LogP contribution in [0.3, 0.4) is 0 Å². The molecule has 110 valence electrons. The Balaban J connectivity index is 1.95. The number of hydrogen-bond acceptors (Lipinski definition) is 3. The van der Waals surface area contributed by atoms with E-state index in [1.54, 1.807) is 24.3 Å². The van der Waals surface area contributed by atoms with Crippen molar-refractivity contribution in [3.63, 3.8) is 0 Å². The summed E-state index contributed by atoms with van der Waals surface area (Å²) in [4.78, 5) is 23.5. The Morgan fingerprint density at radius 2 is 1.77 bits per heavy atom. The number of para-hydroxylation sites is 1. The predicted octanol–water partition coefficient (Wildman–Crippen LogP) is 2.07. The molecule has 2 aromatic carbocycles. The summed E-state index contributed by atoms with van der Waals surface area (Å²) in [6.45, 7) is -0.326. The molecule has 0 fully saturated rings. The van der Waals surface area contributed by atoms with E-state index in [2.05, 4.69) is 10.6 Å². The lowest BCUT2D eigenvalue weighted by Gasteiger charge is -2.08. The van der Waals surface area contributed by atoms with Crippen LogP contribution in [0, 0.1) is 17.1 Å². The molecule has 0 heterocycles. The maximum Gasteiger partial charge on any atom is 0.254 e. The first-order valence-corrected chi connectivity index (χ1v) is 6.43. The molecule has 0 aliphatic heterocycles. The van der Waals surface area contributed by atoms with Crippen molar-refractivity contribution >= 4 is 17.5 Å². The Morgan fingerprint density at radius 3 is 2.50 bits per heavy atom. The average Bonchev–Trinajstić information content (AvgIpc) is 2.53. The topological polar surface area (TPSA) is 82.0 Å². The Morgan fingerprint density at radius 1 is 1.09 bits per heavy atom. The highest BCUT2D eigenvalue weighted by molar-refractivity contribution is 5.99. The van der Waals surface area contributed by atoms with Crippen LogP contribution < -0.4 is 10.6 Å². The number of hydrogen-bond donors (Lipinski definition) is 2. The third-order valence-corrected chi connectivity index (χ3v) is 2.85. The second kappa shape index (κ2) is 6.99. The maximum atomic E-state index is 13.4. The van der Waals surface area contributed by atoms with Gasteiger partial charge in [-0.1, -0.05) is 24.3 Å². The van der Waals surface area contributed by atoms with Gasteiger partial charge in [0, 0.05) is 0 Å². The summed E-state index contributed by atoms with van der Waals surface area (Å²) in [6.07, 6.45) is 0. The lowest BCUT2D eigenvalue weighted by atomic mass is 10.2. The van der Waals surface area contributed by atoms with Gasteiger partial charge < -0.3 is 10.6 Å². The van der Waals surface area contributed by atoms with E-state index in [0.717, 1.165) is 6.07 Å². The van der Waals surface area contributed by atoms with E-state index >= 15 is 0 Å². The summed E-state index contributed by atoms with van der Waals surface area (Å²) in [5.74, 6) is -1.84. The van der Waals surface area contributed by atoms with Gasteiger partial charge in [0.25, 0.3) is 5.91 Å². The van der Waals surface area contributed by atoms with Crippen molar-refractivity contribution in [1.82, 2.24) is 5.32 Å². The van der Waals surface area contributed by atoms with Crippen LogP contribution in [-0.2, 0) is 4.79 Å². The molecule has 0 aliphatic carbocycles. The molecule has 5 nitrogen and oxygen atoms in total. The Kier molecular flexibility index (Phi) is 4.83. The number of amides is 2. The standard InChI is InChI=1S/C16H12FN3O2/c17-13-7-3-2-6-12(13)16(22)19-10-15(21)20-14-8-4-1-5-11(14)9-18/h1-8H,10H2,(H,19,22)(H,20,21). The molecule has 0 saturated heterocycles. The van der Waals surface area contributed by atoms with Gasteiger partial charge in [0.05, 0.1) is 23.4 Å². The van der Waals surface area contributed by atoms with Crippen molar-refractivity contribution in [1.29, 1.82) is 5.26 Å². The van der Waals surface area contributed by atoms with Gasteiger partial charge in [-0.25, -0.2) is 4.39 Å². The van der Waals surface area contributed by atoms with E-state index in [9.17, 15) is 14.0 Å². The van der Waals surface area contributed by atoms with Crippen LogP contribution in [0.2, 0.25) is 0 Å². The third kappa shape index (κ3) is 3.67. The Labute approximate surface area is 126 Å². The summed E-state index contributed by atoms with van der Waals surface area (Å²) in [6, 6.07) is 13.9. The normalized spacial score (nSPS) is 9.64. The minimum Gasteiger partial charge on any atom is -0.343 e. The van der Waals surface area contributed by atoms with E-state index in [4.69, 9.17) is 5.26 Å². The first-order chi connectivity index (χ1) is 10.6. The summed E-state index contributed by atoms with van der Waals surface area (Å²) in [5, 5.41) is 13.8. The van der Waals surface area contributed by atoms with Crippen LogP contribution in [0.15, 0.2) is 48.5 Å². The SMILES string of the molecule is N#Cc1ccccc1NC(=O)CNC(=O)c1ccccc1F. The van der Waals surface area contributed by atoms with Crippen molar-refractivity contribution in [2.75, 3.05) is 11.9 Å². The molecule has 0 aliphatic rings. The monoisotopic (exact) mass is 297 g/mol. The minimum atomic E-state index is -0.679. The third-order valence-electron chi connectivity index (χ3n) is 2.85. The number of anilines is 1. The molecule has 6 heteroatoms. The molecule has 0 atom stereocenters. The molecule has 2 aromatic rings. The number of benzene rings is 2. The minimum absolute atomic E-state index is 0.132. The van der Waals surface area contributed by atoms with Gasteiger partial charge in [0.1, 0.15) is 11.9 Å². The molecule has 0 aromatic heterocycles. The highest BCUT2D eigenvalue weighted by atomic mass is 19.1. The lowest BCUT2D eigenvalue weighted by Crippen LogP contribution is -2.33.